The molecule has 1 atom stereocenters. The van der Waals surface area contributed by atoms with E-state index in [2.05, 4.69) is 21.5 Å². The van der Waals surface area contributed by atoms with Crippen LogP contribution in [-0.2, 0) is 9.84 Å². The smallest absolute Gasteiger partial charge is 0.261 e. The first-order chi connectivity index (χ1) is 12.3. The van der Waals surface area contributed by atoms with Gasteiger partial charge in [0.1, 0.15) is 5.39 Å². The van der Waals surface area contributed by atoms with Crippen molar-refractivity contribution in [1.29, 1.82) is 5.26 Å². The predicted molar refractivity (Wildman–Crippen MR) is 98.1 cm³/mol. The number of nitrogens with one attached hydrogen (secondary N) is 2. The van der Waals surface area contributed by atoms with E-state index in [1.54, 1.807) is 22.9 Å². The summed E-state index contributed by atoms with van der Waals surface area (Å²) in [5.41, 5.74) is 0.917. The number of aromatic amines is 1. The van der Waals surface area contributed by atoms with Crippen LogP contribution in [0.25, 0.3) is 10.9 Å². The van der Waals surface area contributed by atoms with Crippen LogP contribution >= 0.6 is 0 Å². The minimum Gasteiger partial charge on any atom is -0.338 e. The van der Waals surface area contributed by atoms with E-state index in [4.69, 9.17) is 5.26 Å². The van der Waals surface area contributed by atoms with Crippen LogP contribution in [0.4, 0.5) is 11.5 Å². The Labute approximate surface area is 150 Å². The number of sulfone groups is 1. The number of anilines is 2. The SMILES string of the molecule is CC(CC#N)n1nc(Nc2ccc(S(C)(=O)=O)cc2)c2c(=O)[nH]ccc21. The largest absolute Gasteiger partial charge is 0.338 e. The molecule has 9 heteroatoms. The summed E-state index contributed by atoms with van der Waals surface area (Å²) in [5.74, 6) is 0.346. The van der Waals surface area contributed by atoms with E-state index < -0.39 is 9.84 Å². The van der Waals surface area contributed by atoms with E-state index in [9.17, 15) is 13.2 Å². The van der Waals surface area contributed by atoms with Crippen LogP contribution in [0.1, 0.15) is 19.4 Å². The Hall–Kier alpha value is -3.12. The Bertz CT molecular complexity index is 1150. The molecule has 0 amide bonds. The van der Waals surface area contributed by atoms with E-state index in [-0.39, 0.29) is 22.9 Å². The van der Waals surface area contributed by atoms with Crippen LogP contribution in [0.3, 0.4) is 0 Å². The average Bonchev–Trinajstić information content (AvgIpc) is 2.95. The quantitative estimate of drug-likeness (QED) is 0.710. The normalized spacial score (nSPS) is 12.7. The molecular formula is C17H17N5O3S. The number of rotatable bonds is 5. The summed E-state index contributed by atoms with van der Waals surface area (Å²) in [6, 6.07) is 9.82. The lowest BCUT2D eigenvalue weighted by Crippen LogP contribution is -2.08. The van der Waals surface area contributed by atoms with Crippen molar-refractivity contribution in [2.45, 2.75) is 24.3 Å². The third kappa shape index (κ3) is 3.32. The fraction of sp³-hybridized carbons (Fsp3) is 0.235. The molecule has 0 spiro atoms. The number of nitrogens with zero attached hydrogens (tertiary/aromatic N) is 3. The number of hydrogen-bond acceptors (Lipinski definition) is 6. The fourth-order valence-corrected chi connectivity index (χ4v) is 3.29. The van der Waals surface area contributed by atoms with Gasteiger partial charge in [0.25, 0.3) is 5.56 Å². The van der Waals surface area contributed by atoms with Gasteiger partial charge in [-0.3, -0.25) is 9.48 Å². The molecule has 1 unspecified atom stereocenters. The van der Waals surface area contributed by atoms with Crippen LogP contribution < -0.4 is 10.9 Å². The first-order valence-electron chi connectivity index (χ1n) is 7.85. The standard InChI is InChI=1S/C17H17N5O3S/c1-11(7-9-18)22-14-8-10-19-17(23)15(14)16(21-22)20-12-3-5-13(6-4-12)26(2,24)25/h3-6,8,10-11H,7H2,1-2H3,(H,19,23)(H,20,21). The maximum Gasteiger partial charge on any atom is 0.261 e. The lowest BCUT2D eigenvalue weighted by atomic mass is 10.2. The molecule has 8 nitrogen and oxygen atoms in total. The third-order valence-electron chi connectivity index (χ3n) is 3.98. The molecule has 0 aliphatic heterocycles. The summed E-state index contributed by atoms with van der Waals surface area (Å²) >= 11 is 0. The van der Waals surface area contributed by atoms with Gasteiger partial charge in [-0.15, -0.1) is 0 Å². The van der Waals surface area contributed by atoms with E-state index in [1.807, 2.05) is 6.92 Å². The second-order valence-electron chi connectivity index (χ2n) is 5.99. The summed E-state index contributed by atoms with van der Waals surface area (Å²) in [7, 11) is -3.28. The van der Waals surface area contributed by atoms with E-state index in [0.717, 1.165) is 6.26 Å². The maximum atomic E-state index is 12.3. The zero-order valence-corrected chi connectivity index (χ0v) is 15.0. The monoisotopic (exact) mass is 371 g/mol. The summed E-state index contributed by atoms with van der Waals surface area (Å²) in [6.07, 6.45) is 2.93. The molecule has 2 N–H and O–H groups in total. The minimum atomic E-state index is -3.28. The molecule has 3 rings (SSSR count). The Morgan fingerprint density at radius 2 is 2.00 bits per heavy atom. The number of fused-ring (bicyclic) bond motifs is 1. The van der Waals surface area contributed by atoms with E-state index in [1.165, 1.54) is 18.3 Å². The van der Waals surface area contributed by atoms with Crippen molar-refractivity contribution < 1.29 is 8.42 Å². The highest BCUT2D eigenvalue weighted by molar-refractivity contribution is 7.90. The molecule has 0 saturated carbocycles. The second-order valence-corrected chi connectivity index (χ2v) is 8.01. The molecular weight excluding hydrogens is 354 g/mol. The molecule has 0 fully saturated rings. The minimum absolute atomic E-state index is 0.201. The van der Waals surface area contributed by atoms with Crippen molar-refractivity contribution in [2.75, 3.05) is 11.6 Å². The van der Waals surface area contributed by atoms with E-state index >= 15 is 0 Å². The molecule has 0 aliphatic rings. The molecule has 2 aromatic heterocycles. The molecule has 134 valence electrons. The van der Waals surface area contributed by atoms with Crippen LogP contribution in [0.15, 0.2) is 46.2 Å². The number of H-pyrrole nitrogens is 1. The van der Waals surface area contributed by atoms with Gasteiger partial charge in [0.05, 0.1) is 28.9 Å². The summed E-state index contributed by atoms with van der Waals surface area (Å²) < 4.78 is 24.7. The lowest BCUT2D eigenvalue weighted by molar-refractivity contribution is 0.518. The Morgan fingerprint density at radius 3 is 2.62 bits per heavy atom. The number of benzene rings is 1. The van der Waals surface area contributed by atoms with Crippen molar-refractivity contribution in [3.05, 3.63) is 46.9 Å². The zero-order valence-electron chi connectivity index (χ0n) is 14.2. The highest BCUT2D eigenvalue weighted by atomic mass is 32.2. The molecule has 0 radical (unpaired) electrons. The van der Waals surface area contributed by atoms with Gasteiger partial charge >= 0.3 is 0 Å². The van der Waals surface area contributed by atoms with Gasteiger partial charge in [-0.05, 0) is 37.3 Å². The Morgan fingerprint density at radius 1 is 1.31 bits per heavy atom. The molecule has 0 saturated heterocycles. The number of pyridine rings is 1. The predicted octanol–water partition coefficient (Wildman–Crippen LogP) is 2.35. The van der Waals surface area contributed by atoms with Gasteiger partial charge in [-0.1, -0.05) is 0 Å². The van der Waals surface area contributed by atoms with Gasteiger partial charge < -0.3 is 10.3 Å². The average molecular weight is 371 g/mol. The number of hydrogen-bond donors (Lipinski definition) is 2. The highest BCUT2D eigenvalue weighted by Crippen LogP contribution is 2.26. The van der Waals surface area contributed by atoms with Gasteiger partial charge in [0, 0.05) is 18.1 Å². The maximum absolute atomic E-state index is 12.3. The van der Waals surface area contributed by atoms with E-state index in [0.29, 0.717) is 22.4 Å². The summed E-state index contributed by atoms with van der Waals surface area (Å²) in [6.45, 7) is 1.85. The first kappa shape index (κ1) is 17.7. The number of nitriles is 1. The molecule has 0 bridgehead atoms. The van der Waals surface area contributed by atoms with Crippen LogP contribution in [0, 0.1) is 11.3 Å². The van der Waals surface area contributed by atoms with Crippen molar-refractivity contribution in [1.82, 2.24) is 14.8 Å². The summed E-state index contributed by atoms with van der Waals surface area (Å²) in [4.78, 5) is 15.1. The topological polar surface area (TPSA) is 121 Å². The van der Waals surface area contributed by atoms with Crippen LogP contribution in [-0.4, -0.2) is 29.4 Å². The molecule has 2 heterocycles. The van der Waals surface area contributed by atoms with Gasteiger partial charge in [0.2, 0.25) is 0 Å². The third-order valence-corrected chi connectivity index (χ3v) is 5.11. The van der Waals surface area contributed by atoms with Gasteiger partial charge in [-0.2, -0.15) is 10.4 Å². The fourth-order valence-electron chi connectivity index (χ4n) is 2.66. The van der Waals surface area contributed by atoms with Crippen molar-refractivity contribution in [3.8, 4) is 6.07 Å². The van der Waals surface area contributed by atoms with Gasteiger partial charge in [0.15, 0.2) is 15.7 Å². The van der Waals surface area contributed by atoms with Crippen molar-refractivity contribution in [3.63, 3.8) is 0 Å². The zero-order chi connectivity index (χ0) is 18.9. The number of aromatic nitrogens is 3. The van der Waals surface area contributed by atoms with Gasteiger partial charge in [-0.25, -0.2) is 8.42 Å². The Kier molecular flexibility index (Phi) is 4.52. The molecule has 26 heavy (non-hydrogen) atoms. The molecule has 0 aliphatic carbocycles. The highest BCUT2D eigenvalue weighted by Gasteiger charge is 2.17. The van der Waals surface area contributed by atoms with Crippen molar-refractivity contribution in [2.24, 2.45) is 0 Å². The molecule has 1 aromatic carbocycles. The first-order valence-corrected chi connectivity index (χ1v) is 9.74. The summed E-state index contributed by atoms with van der Waals surface area (Å²) in [5, 5.41) is 16.8. The Balaban J connectivity index is 2.05. The lowest BCUT2D eigenvalue weighted by Gasteiger charge is -2.09. The van der Waals surface area contributed by atoms with Crippen molar-refractivity contribution >= 4 is 32.2 Å². The van der Waals surface area contributed by atoms with Crippen LogP contribution in [0.2, 0.25) is 0 Å². The van der Waals surface area contributed by atoms with Crippen LogP contribution in [0.5, 0.6) is 0 Å². The second kappa shape index (κ2) is 6.65. The molecule has 3 aromatic rings.